The predicted octanol–water partition coefficient (Wildman–Crippen LogP) is 6.79. The Hall–Kier alpha value is -2.46. The molecule has 0 spiro atoms. The van der Waals surface area contributed by atoms with E-state index in [0.29, 0.717) is 30.8 Å². The fourth-order valence-electron chi connectivity index (χ4n) is 4.07. The van der Waals surface area contributed by atoms with Gasteiger partial charge in [-0.1, -0.05) is 36.7 Å². The third kappa shape index (κ3) is 5.43. The molecule has 1 unspecified atom stereocenters. The molecular formula is C26H30ClFN2O. The van der Waals surface area contributed by atoms with Crippen LogP contribution < -0.4 is 4.90 Å². The Morgan fingerprint density at radius 1 is 1.23 bits per heavy atom. The van der Waals surface area contributed by atoms with E-state index in [1.54, 1.807) is 24.0 Å². The molecule has 2 aromatic rings. The third-order valence-corrected chi connectivity index (χ3v) is 6.15. The summed E-state index contributed by atoms with van der Waals surface area (Å²) >= 11 is 6.21. The van der Waals surface area contributed by atoms with Crippen molar-refractivity contribution >= 4 is 34.5 Å². The zero-order valence-electron chi connectivity index (χ0n) is 18.7. The molecule has 1 saturated heterocycles. The topological polar surface area (TPSA) is 32.7 Å². The van der Waals surface area contributed by atoms with Crippen LogP contribution in [0.3, 0.4) is 0 Å². The van der Waals surface area contributed by atoms with E-state index in [4.69, 9.17) is 16.6 Å². The van der Waals surface area contributed by atoms with Crippen molar-refractivity contribution in [3.8, 4) is 0 Å². The molecular weight excluding hydrogens is 411 g/mol. The minimum Gasteiger partial charge on any atom is -0.312 e. The standard InChI is InChI=1S/C26H30ClFN2O/c1-5-6-20(24-15-21(27)9-7-17(24)2)11-13-29-19(4)23-12-14-30(26(23)31)22-10-8-18(3)25(28)16-22/h6-10,15-16,23H,5,11-14H2,1-4H3. The second-order valence-electron chi connectivity index (χ2n) is 8.13. The smallest absolute Gasteiger partial charge is 0.235 e. The number of benzene rings is 2. The molecule has 1 heterocycles. The second kappa shape index (κ2) is 10.2. The number of amides is 1. The van der Waals surface area contributed by atoms with Gasteiger partial charge in [-0.2, -0.15) is 0 Å². The molecule has 0 saturated carbocycles. The molecule has 0 bridgehead atoms. The number of allylic oxidation sites excluding steroid dienone is 1. The van der Waals surface area contributed by atoms with Crippen LogP contribution in [0.25, 0.3) is 5.57 Å². The summed E-state index contributed by atoms with van der Waals surface area (Å²) in [7, 11) is 0. The minimum absolute atomic E-state index is 0.000451. The number of aliphatic imine (C=N–C) groups is 1. The maximum Gasteiger partial charge on any atom is 0.235 e. The van der Waals surface area contributed by atoms with E-state index in [1.165, 1.54) is 17.2 Å². The first-order valence-corrected chi connectivity index (χ1v) is 11.2. The highest BCUT2D eigenvalue weighted by atomic mass is 35.5. The first-order valence-electron chi connectivity index (χ1n) is 10.9. The maximum absolute atomic E-state index is 13.9. The molecule has 1 amide bonds. The lowest BCUT2D eigenvalue weighted by Crippen LogP contribution is -2.29. The Bertz CT molecular complexity index is 1030. The number of hydrogen-bond acceptors (Lipinski definition) is 2. The summed E-state index contributed by atoms with van der Waals surface area (Å²) in [6.07, 6.45) is 4.65. The van der Waals surface area contributed by atoms with Gasteiger partial charge in [0.15, 0.2) is 0 Å². The van der Waals surface area contributed by atoms with E-state index in [2.05, 4.69) is 19.9 Å². The largest absolute Gasteiger partial charge is 0.312 e. The van der Waals surface area contributed by atoms with Crippen molar-refractivity contribution in [3.63, 3.8) is 0 Å². The number of aryl methyl sites for hydroxylation is 2. The first kappa shape index (κ1) is 23.2. The highest BCUT2D eigenvalue weighted by Gasteiger charge is 2.34. The van der Waals surface area contributed by atoms with E-state index in [9.17, 15) is 9.18 Å². The minimum atomic E-state index is -0.286. The number of rotatable bonds is 7. The number of nitrogens with zero attached hydrogens (tertiary/aromatic N) is 2. The molecule has 1 fully saturated rings. The summed E-state index contributed by atoms with van der Waals surface area (Å²) in [6.45, 7) is 9.05. The predicted molar refractivity (Wildman–Crippen MR) is 129 cm³/mol. The van der Waals surface area contributed by atoms with Gasteiger partial charge in [0.1, 0.15) is 5.82 Å². The number of hydrogen-bond donors (Lipinski definition) is 0. The maximum atomic E-state index is 13.9. The Morgan fingerprint density at radius 2 is 1.97 bits per heavy atom. The van der Waals surface area contributed by atoms with Gasteiger partial charge < -0.3 is 4.90 Å². The molecule has 0 aromatic heterocycles. The van der Waals surface area contributed by atoms with Crippen LogP contribution in [-0.2, 0) is 4.79 Å². The molecule has 164 valence electrons. The van der Waals surface area contributed by atoms with Crippen molar-refractivity contribution in [3.05, 3.63) is 70.0 Å². The van der Waals surface area contributed by atoms with Crippen molar-refractivity contribution < 1.29 is 9.18 Å². The van der Waals surface area contributed by atoms with Crippen LogP contribution in [-0.4, -0.2) is 24.7 Å². The molecule has 0 N–H and O–H groups in total. The Labute approximate surface area is 189 Å². The van der Waals surface area contributed by atoms with Gasteiger partial charge in [0.05, 0.1) is 5.92 Å². The number of halogens is 2. The molecule has 1 aliphatic heterocycles. The van der Waals surface area contributed by atoms with Crippen LogP contribution in [0.2, 0.25) is 5.02 Å². The van der Waals surface area contributed by atoms with E-state index in [1.807, 2.05) is 25.1 Å². The van der Waals surface area contributed by atoms with Gasteiger partial charge in [0, 0.05) is 29.5 Å². The van der Waals surface area contributed by atoms with Crippen LogP contribution in [0.5, 0.6) is 0 Å². The van der Waals surface area contributed by atoms with Gasteiger partial charge >= 0.3 is 0 Å². The lowest BCUT2D eigenvalue weighted by atomic mass is 9.97. The average Bonchev–Trinajstić information content (AvgIpc) is 3.12. The van der Waals surface area contributed by atoms with Crippen LogP contribution in [0.15, 0.2) is 47.5 Å². The quantitative estimate of drug-likeness (QED) is 0.436. The van der Waals surface area contributed by atoms with Crippen molar-refractivity contribution in [2.45, 2.75) is 47.0 Å². The van der Waals surface area contributed by atoms with Gasteiger partial charge in [-0.05, 0) is 86.6 Å². The molecule has 1 atom stereocenters. The zero-order chi connectivity index (χ0) is 22.5. The summed E-state index contributed by atoms with van der Waals surface area (Å²) in [4.78, 5) is 19.4. The molecule has 31 heavy (non-hydrogen) atoms. The van der Waals surface area contributed by atoms with Gasteiger partial charge in [0.2, 0.25) is 5.91 Å². The van der Waals surface area contributed by atoms with Crippen molar-refractivity contribution in [2.24, 2.45) is 10.9 Å². The molecule has 3 nitrogen and oxygen atoms in total. The van der Waals surface area contributed by atoms with E-state index in [0.717, 1.165) is 29.1 Å². The summed E-state index contributed by atoms with van der Waals surface area (Å²) in [6, 6.07) is 10.9. The Balaban J connectivity index is 1.68. The summed E-state index contributed by atoms with van der Waals surface area (Å²) in [5.74, 6) is -0.527. The van der Waals surface area contributed by atoms with E-state index in [-0.39, 0.29) is 17.6 Å². The van der Waals surface area contributed by atoms with E-state index < -0.39 is 0 Å². The van der Waals surface area contributed by atoms with Crippen LogP contribution in [0, 0.1) is 25.6 Å². The lowest BCUT2D eigenvalue weighted by molar-refractivity contribution is -0.118. The van der Waals surface area contributed by atoms with Gasteiger partial charge in [0.25, 0.3) is 0 Å². The zero-order valence-corrected chi connectivity index (χ0v) is 19.5. The number of carbonyl (C=O) groups excluding carboxylic acids is 1. The summed E-state index contributed by atoms with van der Waals surface area (Å²) in [5.41, 5.74) is 5.62. The molecule has 5 heteroatoms. The highest BCUT2D eigenvalue weighted by molar-refractivity contribution is 6.30. The average molecular weight is 441 g/mol. The monoisotopic (exact) mass is 440 g/mol. The van der Waals surface area contributed by atoms with Crippen LogP contribution in [0.4, 0.5) is 10.1 Å². The molecule has 2 aromatic carbocycles. The van der Waals surface area contributed by atoms with Crippen molar-refractivity contribution in [1.29, 1.82) is 0 Å². The molecule has 0 radical (unpaired) electrons. The fourth-order valence-corrected chi connectivity index (χ4v) is 4.24. The fraction of sp³-hybridized carbons (Fsp3) is 0.385. The normalized spacial score (nSPS) is 17.5. The third-order valence-electron chi connectivity index (χ3n) is 5.92. The Morgan fingerprint density at radius 3 is 2.68 bits per heavy atom. The summed E-state index contributed by atoms with van der Waals surface area (Å²) in [5, 5.41) is 0.728. The van der Waals surface area contributed by atoms with Gasteiger partial charge in [-0.3, -0.25) is 9.79 Å². The first-order chi connectivity index (χ1) is 14.8. The Kier molecular flexibility index (Phi) is 7.66. The van der Waals surface area contributed by atoms with Gasteiger partial charge in [-0.15, -0.1) is 0 Å². The molecule has 1 aliphatic rings. The second-order valence-corrected chi connectivity index (χ2v) is 8.57. The summed E-state index contributed by atoms with van der Waals surface area (Å²) < 4.78 is 13.9. The number of anilines is 1. The van der Waals surface area contributed by atoms with Crippen molar-refractivity contribution in [1.82, 2.24) is 0 Å². The SMILES string of the molecule is CCC=C(CCN=C(C)C1CCN(c2ccc(C)c(F)c2)C1=O)c1cc(Cl)ccc1C. The van der Waals surface area contributed by atoms with Crippen LogP contribution in [0.1, 0.15) is 49.8 Å². The highest BCUT2D eigenvalue weighted by Crippen LogP contribution is 2.29. The van der Waals surface area contributed by atoms with E-state index >= 15 is 0 Å². The molecule has 3 rings (SSSR count). The van der Waals surface area contributed by atoms with Gasteiger partial charge in [-0.25, -0.2) is 4.39 Å². The van der Waals surface area contributed by atoms with Crippen LogP contribution >= 0.6 is 11.6 Å². The van der Waals surface area contributed by atoms with Crippen molar-refractivity contribution in [2.75, 3.05) is 18.0 Å². The lowest BCUT2D eigenvalue weighted by Gasteiger charge is -2.17. The molecule has 0 aliphatic carbocycles. The number of carbonyl (C=O) groups is 1.